The number of amides is 1. The molecule has 6 nitrogen and oxygen atoms in total. The third-order valence-corrected chi connectivity index (χ3v) is 7.18. The molecule has 166 valence electrons. The van der Waals surface area contributed by atoms with E-state index in [1.807, 2.05) is 18.2 Å². The van der Waals surface area contributed by atoms with Crippen LogP contribution in [0.15, 0.2) is 72.1 Å². The lowest BCUT2D eigenvalue weighted by molar-refractivity contribution is 0.0913. The number of hydrogen-bond acceptors (Lipinski definition) is 4. The number of benzene rings is 2. The molecule has 1 heterocycles. The Balaban J connectivity index is 1.67. The molecule has 1 aliphatic rings. The maximum Gasteiger partial charge on any atom is 0.251 e. The van der Waals surface area contributed by atoms with Crippen LogP contribution in [0.4, 0.5) is 0 Å². The SMILES string of the molecule is C=CCNS(=O)(=O)c1ccc(C(=O)NCC(c2ccccc2)N2CCC(C)CC2)cc1. The lowest BCUT2D eigenvalue weighted by atomic mass is 9.95. The first-order valence-electron chi connectivity index (χ1n) is 10.7. The fourth-order valence-corrected chi connectivity index (χ4v) is 4.80. The molecular weight excluding hydrogens is 410 g/mol. The molecular formula is C24H31N3O3S. The molecule has 0 aromatic heterocycles. The topological polar surface area (TPSA) is 78.5 Å². The zero-order valence-electron chi connectivity index (χ0n) is 18.0. The molecule has 0 aliphatic carbocycles. The number of rotatable bonds is 9. The molecule has 3 rings (SSSR count). The molecule has 1 aliphatic heterocycles. The quantitative estimate of drug-likeness (QED) is 0.585. The van der Waals surface area contributed by atoms with Crippen LogP contribution in [-0.4, -0.2) is 45.4 Å². The molecule has 1 amide bonds. The molecule has 31 heavy (non-hydrogen) atoms. The number of likely N-dealkylation sites (tertiary alicyclic amines) is 1. The Labute approximate surface area is 185 Å². The van der Waals surface area contributed by atoms with Gasteiger partial charge in [-0.25, -0.2) is 13.1 Å². The van der Waals surface area contributed by atoms with Gasteiger partial charge in [0.25, 0.3) is 5.91 Å². The lowest BCUT2D eigenvalue weighted by Gasteiger charge is -2.37. The largest absolute Gasteiger partial charge is 0.350 e. The highest BCUT2D eigenvalue weighted by atomic mass is 32.2. The van der Waals surface area contributed by atoms with Crippen molar-refractivity contribution in [1.82, 2.24) is 14.9 Å². The van der Waals surface area contributed by atoms with Crippen LogP contribution in [0, 0.1) is 5.92 Å². The number of nitrogens with zero attached hydrogens (tertiary/aromatic N) is 1. The van der Waals surface area contributed by atoms with Crippen molar-refractivity contribution in [2.75, 3.05) is 26.2 Å². The van der Waals surface area contributed by atoms with E-state index in [4.69, 9.17) is 0 Å². The molecule has 0 bridgehead atoms. The molecule has 1 atom stereocenters. The van der Waals surface area contributed by atoms with Crippen molar-refractivity contribution in [2.24, 2.45) is 5.92 Å². The highest BCUT2D eigenvalue weighted by Gasteiger charge is 2.25. The van der Waals surface area contributed by atoms with Crippen molar-refractivity contribution in [3.63, 3.8) is 0 Å². The van der Waals surface area contributed by atoms with Gasteiger partial charge in [0.05, 0.1) is 10.9 Å². The van der Waals surface area contributed by atoms with Gasteiger partial charge in [-0.2, -0.15) is 0 Å². The van der Waals surface area contributed by atoms with E-state index in [-0.39, 0.29) is 23.4 Å². The van der Waals surface area contributed by atoms with E-state index >= 15 is 0 Å². The Kier molecular flexibility index (Phi) is 8.01. The summed E-state index contributed by atoms with van der Waals surface area (Å²) in [6, 6.07) is 16.3. The van der Waals surface area contributed by atoms with Gasteiger partial charge in [-0.05, 0) is 61.7 Å². The molecule has 0 saturated carbocycles. The van der Waals surface area contributed by atoms with Crippen molar-refractivity contribution in [3.05, 3.63) is 78.4 Å². The fraction of sp³-hybridized carbons (Fsp3) is 0.375. The monoisotopic (exact) mass is 441 g/mol. The van der Waals surface area contributed by atoms with Gasteiger partial charge in [0.1, 0.15) is 0 Å². The maximum absolute atomic E-state index is 12.7. The van der Waals surface area contributed by atoms with Gasteiger partial charge in [-0.15, -0.1) is 6.58 Å². The molecule has 0 spiro atoms. The number of hydrogen-bond donors (Lipinski definition) is 2. The molecule has 7 heteroatoms. The molecule has 2 aromatic rings. The third kappa shape index (κ3) is 6.26. The fourth-order valence-electron chi connectivity index (χ4n) is 3.80. The van der Waals surface area contributed by atoms with E-state index in [0.29, 0.717) is 12.1 Å². The van der Waals surface area contributed by atoms with Crippen LogP contribution in [0.1, 0.15) is 41.7 Å². The molecule has 1 fully saturated rings. The number of sulfonamides is 1. The minimum absolute atomic E-state index is 0.111. The Hall–Kier alpha value is -2.48. The summed E-state index contributed by atoms with van der Waals surface area (Å²) in [5.74, 6) is 0.521. The molecule has 2 aromatic carbocycles. The third-order valence-electron chi connectivity index (χ3n) is 5.74. The minimum Gasteiger partial charge on any atom is -0.350 e. The summed E-state index contributed by atoms with van der Waals surface area (Å²) in [6.07, 6.45) is 3.80. The van der Waals surface area contributed by atoms with Crippen molar-refractivity contribution >= 4 is 15.9 Å². The molecule has 0 radical (unpaired) electrons. The second-order valence-corrected chi connectivity index (χ2v) is 9.79. The predicted octanol–water partition coefficient (Wildman–Crippen LogP) is 3.35. The average molecular weight is 442 g/mol. The predicted molar refractivity (Wildman–Crippen MR) is 123 cm³/mol. The lowest BCUT2D eigenvalue weighted by Crippen LogP contribution is -2.42. The summed E-state index contributed by atoms with van der Waals surface area (Å²) >= 11 is 0. The van der Waals surface area contributed by atoms with Gasteiger partial charge in [0, 0.05) is 18.7 Å². The number of nitrogens with one attached hydrogen (secondary N) is 2. The first kappa shape index (κ1) is 23.2. The van der Waals surface area contributed by atoms with E-state index in [1.165, 1.54) is 35.9 Å². The summed E-state index contributed by atoms with van der Waals surface area (Å²) in [5, 5.41) is 3.04. The Morgan fingerprint density at radius 1 is 1.13 bits per heavy atom. The van der Waals surface area contributed by atoms with E-state index < -0.39 is 10.0 Å². The highest BCUT2D eigenvalue weighted by molar-refractivity contribution is 7.89. The summed E-state index contributed by atoms with van der Waals surface area (Å²) in [7, 11) is -3.61. The average Bonchev–Trinajstić information content (AvgIpc) is 2.79. The normalized spacial score (nSPS) is 16.5. The molecule has 2 N–H and O–H groups in total. The Morgan fingerprint density at radius 3 is 2.39 bits per heavy atom. The van der Waals surface area contributed by atoms with Gasteiger partial charge in [-0.1, -0.05) is 43.3 Å². The van der Waals surface area contributed by atoms with Crippen LogP contribution in [0.25, 0.3) is 0 Å². The van der Waals surface area contributed by atoms with Crippen LogP contribution in [0.2, 0.25) is 0 Å². The second kappa shape index (κ2) is 10.7. The standard InChI is InChI=1S/C24H31N3O3S/c1-3-15-26-31(29,30)22-11-9-21(10-12-22)24(28)25-18-23(20-7-5-4-6-8-20)27-16-13-19(2)14-17-27/h3-12,19,23,26H,1,13-18H2,2H3,(H,25,28). The number of carbonyl (C=O) groups excluding carboxylic acids is 1. The summed E-state index contributed by atoms with van der Waals surface area (Å²) in [5.41, 5.74) is 1.62. The zero-order chi connectivity index (χ0) is 22.3. The van der Waals surface area contributed by atoms with Crippen molar-refractivity contribution < 1.29 is 13.2 Å². The highest BCUT2D eigenvalue weighted by Crippen LogP contribution is 2.26. The van der Waals surface area contributed by atoms with Gasteiger partial charge < -0.3 is 5.32 Å². The summed E-state index contributed by atoms with van der Waals surface area (Å²) < 4.78 is 26.8. The van der Waals surface area contributed by atoms with Crippen LogP contribution in [0.3, 0.4) is 0 Å². The minimum atomic E-state index is -3.61. The maximum atomic E-state index is 12.7. The van der Waals surface area contributed by atoms with Gasteiger partial charge in [-0.3, -0.25) is 9.69 Å². The van der Waals surface area contributed by atoms with E-state index in [0.717, 1.165) is 31.8 Å². The first-order valence-corrected chi connectivity index (χ1v) is 12.2. The Morgan fingerprint density at radius 2 is 1.77 bits per heavy atom. The van der Waals surface area contributed by atoms with Crippen LogP contribution < -0.4 is 10.0 Å². The molecule has 1 unspecified atom stereocenters. The summed E-state index contributed by atoms with van der Waals surface area (Å²) in [4.78, 5) is 15.3. The summed E-state index contributed by atoms with van der Waals surface area (Å²) in [6.45, 7) is 8.47. The van der Waals surface area contributed by atoms with Crippen LogP contribution >= 0.6 is 0 Å². The number of carbonyl (C=O) groups is 1. The van der Waals surface area contributed by atoms with E-state index in [9.17, 15) is 13.2 Å². The zero-order valence-corrected chi connectivity index (χ0v) is 18.8. The van der Waals surface area contributed by atoms with Crippen molar-refractivity contribution in [2.45, 2.75) is 30.7 Å². The van der Waals surface area contributed by atoms with Crippen LogP contribution in [-0.2, 0) is 10.0 Å². The Bertz CT molecular complexity index is 967. The van der Waals surface area contributed by atoms with Crippen molar-refractivity contribution in [1.29, 1.82) is 0 Å². The van der Waals surface area contributed by atoms with E-state index in [2.05, 4.69) is 40.6 Å². The van der Waals surface area contributed by atoms with Crippen LogP contribution in [0.5, 0.6) is 0 Å². The molecule has 1 saturated heterocycles. The van der Waals surface area contributed by atoms with Gasteiger partial charge in [0.15, 0.2) is 0 Å². The van der Waals surface area contributed by atoms with Gasteiger partial charge >= 0.3 is 0 Å². The number of piperidine rings is 1. The first-order chi connectivity index (χ1) is 14.9. The second-order valence-electron chi connectivity index (χ2n) is 8.02. The van der Waals surface area contributed by atoms with E-state index in [1.54, 1.807) is 0 Å². The van der Waals surface area contributed by atoms with Gasteiger partial charge in [0.2, 0.25) is 10.0 Å². The smallest absolute Gasteiger partial charge is 0.251 e. The van der Waals surface area contributed by atoms with Crippen molar-refractivity contribution in [3.8, 4) is 0 Å².